The topological polar surface area (TPSA) is 38.9 Å². The second-order valence-corrected chi connectivity index (χ2v) is 4.20. The van der Waals surface area contributed by atoms with Crippen molar-refractivity contribution in [2.45, 2.75) is 0 Å². The van der Waals surface area contributed by atoms with Gasteiger partial charge in [0.15, 0.2) is 0 Å². The first-order valence-electron chi connectivity index (χ1n) is 3.77. The summed E-state index contributed by atoms with van der Waals surface area (Å²) in [6.07, 6.45) is 7.29. The molecule has 0 aliphatic carbocycles. The van der Waals surface area contributed by atoms with E-state index in [1.807, 2.05) is 24.3 Å². The normalized spacial score (nSPS) is 10.2. The summed E-state index contributed by atoms with van der Waals surface area (Å²) in [6.45, 7) is 3.91. The van der Waals surface area contributed by atoms with E-state index in [9.17, 15) is 0 Å². The first-order valence-corrected chi connectivity index (χ1v) is 5.23. The van der Waals surface area contributed by atoms with Gasteiger partial charge in [-0.25, -0.2) is 0 Å². The molecule has 66 valence electrons. The minimum absolute atomic E-state index is 0.852. The number of aromatic nitrogens is 1. The second kappa shape index (κ2) is 5.00. The molecule has 0 saturated heterocycles. The Morgan fingerprint density at radius 2 is 2.31 bits per heavy atom. The van der Waals surface area contributed by atoms with Crippen LogP contribution in [0.25, 0.3) is 5.57 Å². The molecule has 13 heavy (non-hydrogen) atoms. The molecule has 0 atom stereocenters. The van der Waals surface area contributed by atoms with Gasteiger partial charge in [0.2, 0.25) is 0 Å². The zero-order valence-corrected chi connectivity index (χ0v) is 10.0. The van der Waals surface area contributed by atoms with E-state index in [4.69, 9.17) is 5.73 Å². The van der Waals surface area contributed by atoms with Crippen LogP contribution in [0.2, 0.25) is 0 Å². The van der Waals surface area contributed by atoms with Crippen molar-refractivity contribution < 1.29 is 19.4 Å². The van der Waals surface area contributed by atoms with Crippen molar-refractivity contribution in [3.05, 3.63) is 48.8 Å². The van der Waals surface area contributed by atoms with Crippen LogP contribution >= 0.6 is 0 Å². The van der Waals surface area contributed by atoms with Crippen LogP contribution in [0.3, 0.4) is 0 Å². The van der Waals surface area contributed by atoms with Crippen molar-refractivity contribution in [2.75, 3.05) is 0 Å². The van der Waals surface area contributed by atoms with Crippen LogP contribution in [0.15, 0.2) is 43.3 Å². The van der Waals surface area contributed by atoms with Crippen molar-refractivity contribution in [2.24, 2.45) is 5.73 Å². The summed E-state index contributed by atoms with van der Waals surface area (Å²) in [5, 5.41) is 0. The maximum absolute atomic E-state index is 5.53. The molecule has 0 aromatic carbocycles. The molecule has 1 aromatic heterocycles. The Morgan fingerprint density at radius 1 is 1.54 bits per heavy atom. The molecule has 0 aliphatic heterocycles. The fourth-order valence-corrected chi connectivity index (χ4v) is 1.08. The molecule has 0 saturated carbocycles. The molecule has 0 unspecified atom stereocenters. The SMILES string of the molecule is C=C(C=C[C](N)=[W])c1cccnc1. The number of pyridine rings is 1. The van der Waals surface area contributed by atoms with E-state index < -0.39 is 0 Å². The van der Waals surface area contributed by atoms with Gasteiger partial charge in [-0.1, -0.05) is 0 Å². The fraction of sp³-hybridized carbons (Fsp3) is 0. The molecular weight excluding hydrogens is 332 g/mol. The number of hydrogen-bond donors (Lipinski definition) is 1. The Morgan fingerprint density at radius 3 is 2.85 bits per heavy atom. The van der Waals surface area contributed by atoms with Crippen molar-refractivity contribution in [3.8, 4) is 0 Å². The van der Waals surface area contributed by atoms with Crippen LogP contribution in [-0.2, 0) is 19.4 Å². The van der Waals surface area contributed by atoms with Gasteiger partial charge in [0.1, 0.15) is 0 Å². The molecule has 1 rings (SSSR count). The number of hydrogen-bond acceptors (Lipinski definition) is 2. The summed E-state index contributed by atoms with van der Waals surface area (Å²) in [5.41, 5.74) is 7.48. The average Bonchev–Trinajstić information content (AvgIpc) is 2.15. The quantitative estimate of drug-likeness (QED) is 0.841. The third-order valence-corrected chi connectivity index (χ3v) is 1.97. The van der Waals surface area contributed by atoms with E-state index in [-0.39, 0.29) is 0 Å². The summed E-state index contributed by atoms with van der Waals surface area (Å²) in [4.78, 5) is 4.01. The summed E-state index contributed by atoms with van der Waals surface area (Å²) >= 11 is 1.27. The summed E-state index contributed by atoms with van der Waals surface area (Å²) in [5.74, 6) is 0. The minimum atomic E-state index is 0.852. The molecule has 0 spiro atoms. The van der Waals surface area contributed by atoms with Gasteiger partial charge >= 0.3 is 88.5 Å². The molecule has 0 bridgehead atoms. The molecule has 0 fully saturated rings. The van der Waals surface area contributed by atoms with Gasteiger partial charge in [-0.3, -0.25) is 0 Å². The van der Waals surface area contributed by atoms with Crippen LogP contribution in [-0.4, -0.2) is 9.01 Å². The van der Waals surface area contributed by atoms with Crippen molar-refractivity contribution in [1.82, 2.24) is 4.98 Å². The van der Waals surface area contributed by atoms with Crippen LogP contribution in [0.1, 0.15) is 5.56 Å². The Kier molecular flexibility index (Phi) is 3.94. The number of nitrogens with zero attached hydrogens (tertiary/aromatic N) is 1. The van der Waals surface area contributed by atoms with Crippen molar-refractivity contribution in [3.63, 3.8) is 0 Å². The fourth-order valence-electron chi connectivity index (χ4n) is 0.832. The van der Waals surface area contributed by atoms with Gasteiger partial charge in [0.05, 0.1) is 0 Å². The van der Waals surface area contributed by atoms with Crippen LogP contribution in [0, 0.1) is 0 Å². The summed E-state index contributed by atoms with van der Waals surface area (Å²) in [7, 11) is 0. The predicted octanol–water partition coefficient (Wildman–Crippen LogP) is 1.29. The first-order chi connectivity index (χ1) is 6.20. The Labute approximate surface area is 88.6 Å². The molecule has 3 heteroatoms. The van der Waals surface area contributed by atoms with Gasteiger partial charge in [0.25, 0.3) is 0 Å². The van der Waals surface area contributed by atoms with Gasteiger partial charge in [0, 0.05) is 0 Å². The monoisotopic (exact) mass is 342 g/mol. The zero-order chi connectivity index (χ0) is 9.68. The molecule has 1 aromatic rings. The number of rotatable bonds is 3. The van der Waals surface area contributed by atoms with Crippen LogP contribution in [0.5, 0.6) is 0 Å². The third kappa shape index (κ3) is 3.58. The van der Waals surface area contributed by atoms with E-state index in [0.29, 0.717) is 0 Å². The summed E-state index contributed by atoms with van der Waals surface area (Å²) < 4.78 is 0.852. The maximum atomic E-state index is 5.53. The molecular formula is C10H10N2W. The zero-order valence-electron chi connectivity index (χ0n) is 7.10. The molecule has 2 nitrogen and oxygen atoms in total. The Balaban J connectivity index is 2.76. The standard InChI is InChI=1S/C10H10N2.W/c1-9(4-2-6-11)10-5-3-7-12-8-10;/h2-5,7-8H,1,11H2;. The Bertz CT molecular complexity index is 341. The van der Waals surface area contributed by atoms with E-state index in [2.05, 4.69) is 11.6 Å². The van der Waals surface area contributed by atoms with E-state index in [1.54, 1.807) is 12.4 Å². The van der Waals surface area contributed by atoms with E-state index in [1.165, 1.54) is 19.4 Å². The van der Waals surface area contributed by atoms with Gasteiger partial charge in [-0.05, 0) is 0 Å². The van der Waals surface area contributed by atoms with Gasteiger partial charge in [-0.2, -0.15) is 0 Å². The van der Waals surface area contributed by atoms with Gasteiger partial charge in [-0.15, -0.1) is 0 Å². The van der Waals surface area contributed by atoms with Crippen LogP contribution in [0.4, 0.5) is 0 Å². The van der Waals surface area contributed by atoms with E-state index in [0.717, 1.165) is 15.2 Å². The molecule has 0 radical (unpaired) electrons. The third-order valence-electron chi connectivity index (χ3n) is 1.48. The molecule has 1 heterocycles. The second-order valence-electron chi connectivity index (χ2n) is 2.50. The average molecular weight is 342 g/mol. The first kappa shape index (κ1) is 10.2. The van der Waals surface area contributed by atoms with E-state index >= 15 is 0 Å². The molecule has 0 aliphatic rings. The number of nitrogens with two attached hydrogens (primary N) is 1. The van der Waals surface area contributed by atoms with Crippen molar-refractivity contribution >= 4 is 9.59 Å². The van der Waals surface area contributed by atoms with Gasteiger partial charge < -0.3 is 0 Å². The Hall–Kier alpha value is -0.852. The number of allylic oxidation sites excluding steroid dienone is 2. The molecule has 0 amide bonds. The predicted molar refractivity (Wildman–Crippen MR) is 51.6 cm³/mol. The molecule has 2 N–H and O–H groups in total. The summed E-state index contributed by atoms with van der Waals surface area (Å²) in [6, 6.07) is 3.86. The van der Waals surface area contributed by atoms with Crippen LogP contribution < -0.4 is 5.73 Å². The van der Waals surface area contributed by atoms with Crippen molar-refractivity contribution in [1.29, 1.82) is 0 Å².